The first-order chi connectivity index (χ1) is 9.72. The summed E-state index contributed by atoms with van der Waals surface area (Å²) in [5.74, 6) is 0. The highest BCUT2D eigenvalue weighted by Crippen LogP contribution is 2.28. The molecule has 2 aromatic rings. The third-order valence-corrected chi connectivity index (χ3v) is 4.55. The average molecular weight is 288 g/mol. The summed E-state index contributed by atoms with van der Waals surface area (Å²) < 4.78 is 0. The fourth-order valence-electron chi connectivity index (χ4n) is 2.49. The molecule has 5 heteroatoms. The molecule has 20 heavy (non-hydrogen) atoms. The molecule has 0 amide bonds. The predicted molar refractivity (Wildman–Crippen MR) is 84.8 cm³/mol. The van der Waals surface area contributed by atoms with Gasteiger partial charge >= 0.3 is 0 Å². The molecule has 0 saturated carbocycles. The number of aryl methyl sites for hydroxylation is 1. The van der Waals surface area contributed by atoms with Gasteiger partial charge in [-0.25, -0.2) is 4.98 Å². The molecule has 0 spiro atoms. The van der Waals surface area contributed by atoms with Gasteiger partial charge in [-0.2, -0.15) is 0 Å². The van der Waals surface area contributed by atoms with Gasteiger partial charge in [0, 0.05) is 42.3 Å². The Labute approximate surface area is 123 Å². The Bertz CT molecular complexity index is 570. The summed E-state index contributed by atoms with van der Waals surface area (Å²) >= 11 is 1.80. The highest BCUT2D eigenvalue weighted by molar-refractivity contribution is 7.12. The summed E-state index contributed by atoms with van der Waals surface area (Å²) in [5, 5.41) is 4.58. The quantitative estimate of drug-likeness (QED) is 0.849. The lowest BCUT2D eigenvalue weighted by atomic mass is 10.1. The molecule has 0 bridgehead atoms. The molecule has 3 N–H and O–H groups in total. The molecule has 3 rings (SSSR count). The Balaban J connectivity index is 1.78. The van der Waals surface area contributed by atoms with E-state index >= 15 is 0 Å². The van der Waals surface area contributed by atoms with Gasteiger partial charge in [0.1, 0.15) is 5.01 Å². The molecule has 0 aliphatic carbocycles. The van der Waals surface area contributed by atoms with Crippen molar-refractivity contribution >= 4 is 17.0 Å². The van der Waals surface area contributed by atoms with Crippen LogP contribution >= 0.6 is 11.3 Å². The van der Waals surface area contributed by atoms with Crippen molar-refractivity contribution in [3.8, 4) is 11.3 Å². The molecular weight excluding hydrogens is 268 g/mol. The Morgan fingerprint density at radius 2 is 1.95 bits per heavy atom. The van der Waals surface area contributed by atoms with Crippen molar-refractivity contribution in [3.05, 3.63) is 34.2 Å². The average Bonchev–Trinajstić information content (AvgIpc) is 2.81. The zero-order valence-electron chi connectivity index (χ0n) is 11.7. The maximum atomic E-state index is 5.74. The van der Waals surface area contributed by atoms with E-state index in [1.54, 1.807) is 11.3 Å². The van der Waals surface area contributed by atoms with E-state index in [1.165, 1.54) is 9.88 Å². The lowest BCUT2D eigenvalue weighted by Gasteiger charge is -2.26. The largest absolute Gasteiger partial charge is 0.399 e. The van der Waals surface area contributed by atoms with E-state index in [9.17, 15) is 0 Å². The van der Waals surface area contributed by atoms with Crippen LogP contribution in [0.3, 0.4) is 0 Å². The van der Waals surface area contributed by atoms with Crippen molar-refractivity contribution < 1.29 is 0 Å². The Kier molecular flexibility index (Phi) is 4.00. The van der Waals surface area contributed by atoms with Gasteiger partial charge in [0.05, 0.1) is 12.2 Å². The number of hydrogen-bond acceptors (Lipinski definition) is 5. The number of nitrogens with one attached hydrogen (secondary N) is 1. The van der Waals surface area contributed by atoms with Crippen molar-refractivity contribution in [3.63, 3.8) is 0 Å². The number of rotatable bonds is 3. The van der Waals surface area contributed by atoms with Crippen LogP contribution in [0.5, 0.6) is 0 Å². The zero-order chi connectivity index (χ0) is 13.9. The van der Waals surface area contributed by atoms with Crippen molar-refractivity contribution in [2.45, 2.75) is 13.5 Å². The molecule has 1 aromatic heterocycles. The summed E-state index contributed by atoms with van der Waals surface area (Å²) in [5.41, 5.74) is 8.79. The maximum Gasteiger partial charge on any atom is 0.108 e. The van der Waals surface area contributed by atoms with Gasteiger partial charge in [-0.15, -0.1) is 11.3 Å². The van der Waals surface area contributed by atoms with Gasteiger partial charge in [0.2, 0.25) is 0 Å². The van der Waals surface area contributed by atoms with Crippen LogP contribution in [0, 0.1) is 6.92 Å². The summed E-state index contributed by atoms with van der Waals surface area (Å²) in [7, 11) is 0. The second-order valence-electron chi connectivity index (χ2n) is 5.16. The van der Waals surface area contributed by atoms with Crippen LogP contribution in [0.1, 0.15) is 9.88 Å². The third kappa shape index (κ3) is 3.00. The van der Waals surface area contributed by atoms with E-state index in [-0.39, 0.29) is 0 Å². The fraction of sp³-hybridized carbons (Fsp3) is 0.400. The second-order valence-corrected chi connectivity index (χ2v) is 6.45. The van der Waals surface area contributed by atoms with Crippen molar-refractivity contribution in [1.82, 2.24) is 15.2 Å². The minimum atomic E-state index is 0.794. The van der Waals surface area contributed by atoms with E-state index in [4.69, 9.17) is 10.7 Å². The molecule has 1 aliphatic heterocycles. The molecule has 2 heterocycles. The second kappa shape index (κ2) is 5.91. The summed E-state index contributed by atoms with van der Waals surface area (Å²) in [6, 6.07) is 7.96. The zero-order valence-corrected chi connectivity index (χ0v) is 12.5. The normalized spacial score (nSPS) is 16.4. The minimum Gasteiger partial charge on any atom is -0.399 e. The van der Waals surface area contributed by atoms with Crippen molar-refractivity contribution in [2.75, 3.05) is 31.9 Å². The third-order valence-electron chi connectivity index (χ3n) is 3.59. The number of nitrogen functional groups attached to an aromatic ring is 1. The van der Waals surface area contributed by atoms with Crippen LogP contribution in [0.15, 0.2) is 24.3 Å². The molecule has 1 fully saturated rings. The number of piperazine rings is 1. The molecule has 0 unspecified atom stereocenters. The van der Waals surface area contributed by atoms with Gasteiger partial charge in [0.15, 0.2) is 0 Å². The van der Waals surface area contributed by atoms with Gasteiger partial charge in [-0.3, -0.25) is 4.90 Å². The fourth-order valence-corrected chi connectivity index (χ4v) is 3.49. The first-order valence-corrected chi connectivity index (χ1v) is 7.79. The molecule has 1 aromatic carbocycles. The highest BCUT2D eigenvalue weighted by Gasteiger charge is 2.14. The number of anilines is 1. The van der Waals surface area contributed by atoms with Gasteiger partial charge in [0.25, 0.3) is 0 Å². The van der Waals surface area contributed by atoms with Crippen LogP contribution in [-0.2, 0) is 6.54 Å². The number of hydrogen-bond donors (Lipinski definition) is 2. The van der Waals surface area contributed by atoms with Crippen molar-refractivity contribution in [2.24, 2.45) is 0 Å². The molecule has 4 nitrogen and oxygen atoms in total. The van der Waals surface area contributed by atoms with E-state index in [1.807, 2.05) is 24.3 Å². The summed E-state index contributed by atoms with van der Waals surface area (Å²) in [6.45, 7) is 7.47. The number of benzene rings is 1. The molecule has 1 aliphatic rings. The Hall–Kier alpha value is -1.43. The Morgan fingerprint density at radius 3 is 2.65 bits per heavy atom. The standard InChI is InChI=1S/C15H20N4S/c1-11-15(12-2-4-13(16)5-3-12)18-14(20-11)10-19-8-6-17-7-9-19/h2-5,17H,6-10,16H2,1H3. The van der Waals surface area contributed by atoms with Gasteiger partial charge in [-0.1, -0.05) is 12.1 Å². The van der Waals surface area contributed by atoms with Crippen LogP contribution < -0.4 is 11.1 Å². The minimum absolute atomic E-state index is 0.794. The van der Waals surface area contributed by atoms with E-state index in [2.05, 4.69) is 17.1 Å². The van der Waals surface area contributed by atoms with E-state index in [0.717, 1.165) is 49.7 Å². The number of nitrogens with zero attached hydrogens (tertiary/aromatic N) is 2. The lowest BCUT2D eigenvalue weighted by molar-refractivity contribution is 0.233. The number of thiazole rings is 1. The molecular formula is C15H20N4S. The summed E-state index contributed by atoms with van der Waals surface area (Å²) in [4.78, 5) is 8.56. The maximum absolute atomic E-state index is 5.74. The highest BCUT2D eigenvalue weighted by atomic mass is 32.1. The lowest BCUT2D eigenvalue weighted by Crippen LogP contribution is -2.42. The van der Waals surface area contributed by atoms with Crippen molar-refractivity contribution in [1.29, 1.82) is 0 Å². The van der Waals surface area contributed by atoms with Crippen LogP contribution in [0.25, 0.3) is 11.3 Å². The SMILES string of the molecule is Cc1sc(CN2CCNCC2)nc1-c1ccc(N)cc1. The van der Waals surface area contributed by atoms with Crippen LogP contribution in [0.4, 0.5) is 5.69 Å². The predicted octanol–water partition coefficient (Wildman–Crippen LogP) is 2.11. The first kappa shape index (κ1) is 13.5. The Morgan fingerprint density at radius 1 is 1.25 bits per heavy atom. The first-order valence-electron chi connectivity index (χ1n) is 6.97. The monoisotopic (exact) mass is 288 g/mol. The van der Waals surface area contributed by atoms with Crippen LogP contribution in [0.2, 0.25) is 0 Å². The molecule has 0 radical (unpaired) electrons. The van der Waals surface area contributed by atoms with Gasteiger partial charge < -0.3 is 11.1 Å². The van der Waals surface area contributed by atoms with E-state index in [0.29, 0.717) is 0 Å². The van der Waals surface area contributed by atoms with E-state index < -0.39 is 0 Å². The molecule has 1 saturated heterocycles. The van der Waals surface area contributed by atoms with Gasteiger partial charge in [-0.05, 0) is 19.1 Å². The van der Waals surface area contributed by atoms with Crippen LogP contribution in [-0.4, -0.2) is 36.1 Å². The number of nitrogens with two attached hydrogens (primary N) is 1. The molecule has 0 atom stereocenters. The molecule has 106 valence electrons. The number of aromatic nitrogens is 1. The summed E-state index contributed by atoms with van der Waals surface area (Å²) in [6.07, 6.45) is 0. The smallest absolute Gasteiger partial charge is 0.108 e. The topological polar surface area (TPSA) is 54.2 Å².